The molecule has 1 aliphatic heterocycles. The Labute approximate surface area is 185 Å². The summed E-state index contributed by atoms with van der Waals surface area (Å²) in [5.74, 6) is 0.684. The van der Waals surface area contributed by atoms with Crippen LogP contribution in [0.3, 0.4) is 0 Å². The van der Waals surface area contributed by atoms with Gasteiger partial charge in [-0.25, -0.2) is 0 Å². The standard InChI is InChI=1S/C25H28N2.2ClH/c1-17(2)16-23(27-14-12-26-13-15-27)21-10-8-20-7-6-18-4-3-5-19-9-11-22(21)25(20)24(18)19;;/h3-11,17,23,26H,12-16H2,1-2H3;2*1H/t23-;;/m0../s1. The number of piperazine rings is 1. The molecule has 0 saturated carbocycles. The lowest BCUT2D eigenvalue weighted by atomic mass is 9.87. The van der Waals surface area contributed by atoms with E-state index in [0.717, 1.165) is 26.2 Å². The zero-order valence-electron chi connectivity index (χ0n) is 17.2. The predicted octanol–water partition coefficient (Wildman–Crippen LogP) is 6.42. The number of benzene rings is 4. The molecule has 4 aromatic carbocycles. The molecule has 1 atom stereocenters. The molecule has 0 radical (unpaired) electrons. The van der Waals surface area contributed by atoms with Crippen LogP contribution >= 0.6 is 24.8 Å². The van der Waals surface area contributed by atoms with Crippen LogP contribution in [0.4, 0.5) is 0 Å². The number of hydrogen-bond acceptors (Lipinski definition) is 2. The van der Waals surface area contributed by atoms with Crippen molar-refractivity contribution in [1.82, 2.24) is 10.2 Å². The Balaban J connectivity index is 0.00000120. The molecule has 0 spiro atoms. The van der Waals surface area contributed by atoms with E-state index in [4.69, 9.17) is 0 Å². The zero-order chi connectivity index (χ0) is 18.4. The molecule has 154 valence electrons. The number of rotatable bonds is 4. The molecule has 1 heterocycles. The molecule has 0 aromatic heterocycles. The summed E-state index contributed by atoms with van der Waals surface area (Å²) < 4.78 is 0. The molecule has 1 fully saturated rings. The van der Waals surface area contributed by atoms with E-state index in [1.807, 2.05) is 0 Å². The smallest absolute Gasteiger partial charge is 0.0357 e. The van der Waals surface area contributed by atoms with Crippen molar-refractivity contribution in [3.05, 3.63) is 60.2 Å². The van der Waals surface area contributed by atoms with E-state index in [-0.39, 0.29) is 24.8 Å². The summed E-state index contributed by atoms with van der Waals surface area (Å²) in [5, 5.41) is 11.9. The third kappa shape index (κ3) is 3.92. The van der Waals surface area contributed by atoms with Gasteiger partial charge in [0.1, 0.15) is 0 Å². The average molecular weight is 429 g/mol. The van der Waals surface area contributed by atoms with Crippen molar-refractivity contribution in [3.8, 4) is 0 Å². The van der Waals surface area contributed by atoms with Gasteiger partial charge in [-0.1, -0.05) is 68.4 Å². The second kappa shape index (κ2) is 9.06. The molecule has 2 nitrogen and oxygen atoms in total. The Morgan fingerprint density at radius 2 is 1.38 bits per heavy atom. The zero-order valence-corrected chi connectivity index (χ0v) is 18.8. The third-order valence-electron chi connectivity index (χ3n) is 6.21. The Morgan fingerprint density at radius 1 is 0.793 bits per heavy atom. The van der Waals surface area contributed by atoms with Gasteiger partial charge in [0.2, 0.25) is 0 Å². The first-order valence-electron chi connectivity index (χ1n) is 10.3. The number of halogens is 2. The fourth-order valence-electron chi connectivity index (χ4n) is 4.96. The summed E-state index contributed by atoms with van der Waals surface area (Å²) in [5.41, 5.74) is 1.51. The number of nitrogens with zero attached hydrogens (tertiary/aromatic N) is 1. The van der Waals surface area contributed by atoms with Crippen LogP contribution in [0.5, 0.6) is 0 Å². The van der Waals surface area contributed by atoms with E-state index in [0.29, 0.717) is 12.0 Å². The largest absolute Gasteiger partial charge is 0.314 e. The van der Waals surface area contributed by atoms with Crippen LogP contribution in [0.2, 0.25) is 0 Å². The summed E-state index contributed by atoms with van der Waals surface area (Å²) in [7, 11) is 0. The lowest BCUT2D eigenvalue weighted by Crippen LogP contribution is -2.45. The topological polar surface area (TPSA) is 15.3 Å². The van der Waals surface area contributed by atoms with Crippen LogP contribution in [0.1, 0.15) is 31.9 Å². The minimum Gasteiger partial charge on any atom is -0.314 e. The van der Waals surface area contributed by atoms with E-state index in [9.17, 15) is 0 Å². The molecule has 5 rings (SSSR count). The monoisotopic (exact) mass is 428 g/mol. The second-order valence-corrected chi connectivity index (χ2v) is 8.44. The molecular formula is C25H30Cl2N2. The van der Waals surface area contributed by atoms with Gasteiger partial charge in [-0.05, 0) is 50.2 Å². The molecule has 1 aliphatic rings. The fourth-order valence-corrected chi connectivity index (χ4v) is 4.96. The summed E-state index contributed by atoms with van der Waals surface area (Å²) in [6.45, 7) is 9.18. The summed E-state index contributed by atoms with van der Waals surface area (Å²) in [4.78, 5) is 2.70. The Bertz CT molecular complexity index is 1070. The summed E-state index contributed by atoms with van der Waals surface area (Å²) in [6.07, 6.45) is 1.21. The Kier molecular flexibility index (Phi) is 6.90. The van der Waals surface area contributed by atoms with E-state index in [2.05, 4.69) is 78.7 Å². The first-order chi connectivity index (χ1) is 13.2. The van der Waals surface area contributed by atoms with Crippen molar-refractivity contribution in [2.75, 3.05) is 26.2 Å². The van der Waals surface area contributed by atoms with Crippen molar-refractivity contribution in [2.24, 2.45) is 5.92 Å². The molecule has 29 heavy (non-hydrogen) atoms. The average Bonchev–Trinajstić information content (AvgIpc) is 2.71. The van der Waals surface area contributed by atoms with Gasteiger partial charge in [0, 0.05) is 32.2 Å². The molecule has 4 heteroatoms. The van der Waals surface area contributed by atoms with Crippen LogP contribution in [-0.4, -0.2) is 31.1 Å². The maximum Gasteiger partial charge on any atom is 0.0357 e. The van der Waals surface area contributed by atoms with Crippen LogP contribution in [0, 0.1) is 5.92 Å². The van der Waals surface area contributed by atoms with E-state index < -0.39 is 0 Å². The predicted molar refractivity (Wildman–Crippen MR) is 131 cm³/mol. The van der Waals surface area contributed by atoms with Crippen molar-refractivity contribution in [2.45, 2.75) is 26.3 Å². The van der Waals surface area contributed by atoms with Crippen LogP contribution in [0.15, 0.2) is 54.6 Å². The van der Waals surface area contributed by atoms with Crippen molar-refractivity contribution in [3.63, 3.8) is 0 Å². The molecule has 0 aliphatic carbocycles. The van der Waals surface area contributed by atoms with E-state index in [1.165, 1.54) is 44.3 Å². The van der Waals surface area contributed by atoms with Gasteiger partial charge in [0.15, 0.2) is 0 Å². The minimum atomic E-state index is 0. The fraction of sp³-hybridized carbons (Fsp3) is 0.360. The van der Waals surface area contributed by atoms with Gasteiger partial charge in [-0.2, -0.15) is 0 Å². The molecule has 4 aromatic rings. The van der Waals surface area contributed by atoms with Crippen LogP contribution in [-0.2, 0) is 0 Å². The van der Waals surface area contributed by atoms with E-state index >= 15 is 0 Å². The number of hydrogen-bond donors (Lipinski definition) is 1. The quantitative estimate of drug-likeness (QED) is 0.377. The molecule has 1 N–H and O–H groups in total. The lowest BCUT2D eigenvalue weighted by Gasteiger charge is -2.37. The highest BCUT2D eigenvalue weighted by atomic mass is 35.5. The van der Waals surface area contributed by atoms with Gasteiger partial charge >= 0.3 is 0 Å². The summed E-state index contributed by atoms with van der Waals surface area (Å²) >= 11 is 0. The van der Waals surface area contributed by atoms with Crippen LogP contribution < -0.4 is 5.32 Å². The SMILES string of the molecule is CC(C)C[C@@H](c1ccc2ccc3cccc4ccc1c2c34)N1CCNCC1.Cl.Cl. The van der Waals surface area contributed by atoms with Crippen LogP contribution in [0.25, 0.3) is 32.3 Å². The van der Waals surface area contributed by atoms with Gasteiger partial charge in [-0.3, -0.25) is 4.90 Å². The third-order valence-corrected chi connectivity index (χ3v) is 6.21. The highest BCUT2D eigenvalue weighted by molar-refractivity contribution is 6.23. The molecular weight excluding hydrogens is 399 g/mol. The van der Waals surface area contributed by atoms with Crippen molar-refractivity contribution in [1.29, 1.82) is 0 Å². The molecule has 0 unspecified atom stereocenters. The highest BCUT2D eigenvalue weighted by Gasteiger charge is 2.25. The number of nitrogens with one attached hydrogen (secondary N) is 1. The maximum absolute atomic E-state index is 3.51. The minimum absolute atomic E-state index is 0. The summed E-state index contributed by atoms with van der Waals surface area (Å²) in [6, 6.07) is 21.2. The van der Waals surface area contributed by atoms with Gasteiger partial charge in [0.25, 0.3) is 0 Å². The first kappa shape index (κ1) is 22.1. The highest BCUT2D eigenvalue weighted by Crippen LogP contribution is 2.40. The van der Waals surface area contributed by atoms with Crippen molar-refractivity contribution < 1.29 is 0 Å². The Morgan fingerprint density at radius 3 is 2.03 bits per heavy atom. The normalized spacial score (nSPS) is 16.2. The van der Waals surface area contributed by atoms with Gasteiger partial charge < -0.3 is 5.32 Å². The van der Waals surface area contributed by atoms with Crippen molar-refractivity contribution >= 4 is 57.1 Å². The maximum atomic E-state index is 3.51. The second-order valence-electron chi connectivity index (χ2n) is 8.44. The first-order valence-corrected chi connectivity index (χ1v) is 10.3. The lowest BCUT2D eigenvalue weighted by molar-refractivity contribution is 0.155. The van der Waals surface area contributed by atoms with Gasteiger partial charge in [-0.15, -0.1) is 24.8 Å². The molecule has 0 amide bonds. The van der Waals surface area contributed by atoms with E-state index in [1.54, 1.807) is 0 Å². The Hall–Kier alpha value is -1.58. The van der Waals surface area contributed by atoms with Gasteiger partial charge in [0.05, 0.1) is 0 Å². The molecule has 1 saturated heterocycles. The molecule has 0 bridgehead atoms.